The molecular formula is C118H128N20O7. The van der Waals surface area contributed by atoms with E-state index in [4.69, 9.17) is 32.4 Å². The number of aliphatic hydroxyl groups excluding tert-OH is 1. The molecule has 0 spiro atoms. The molecule has 12 aromatic carbocycles. The maximum absolute atomic E-state index is 13.5. The van der Waals surface area contributed by atoms with E-state index in [1.54, 1.807) is 36.9 Å². The molecule has 145 heavy (non-hydrogen) atoms. The summed E-state index contributed by atoms with van der Waals surface area (Å²) >= 11 is 0. The minimum absolute atomic E-state index is 0.0462. The monoisotopic (exact) mass is 1940 g/mol. The smallest absolute Gasteiger partial charge is 0.274 e. The van der Waals surface area contributed by atoms with Gasteiger partial charge in [0.25, 0.3) is 23.6 Å². The maximum atomic E-state index is 13.5. The molecular weight excluding hydrogens is 1810 g/mol. The number of ether oxygens (including phenoxy) is 2. The number of carbonyl (C=O) groups excluding carboxylic acids is 4. The van der Waals surface area contributed by atoms with Crippen molar-refractivity contribution < 1.29 is 33.8 Å². The third kappa shape index (κ3) is 26.0. The molecule has 3 saturated carbocycles. The molecule has 0 radical (unpaired) electrons. The number of hydrogen-bond acceptors (Lipinski definition) is 19. The average Bonchev–Trinajstić information content (AvgIpc) is 1.60. The standard InChI is InChI=1S/C30H31N5O3.C30H33N5O.C29H33N5O2.C29H31N5O/c1-19-13-26(35(34-19)24-8-2-5-21(14-24)16-31)30(36)33-23-7-3-6-22(15-23)28(32-17-20-11-12-20)25-9-4-10-27-29(25)38-18-37-27;1-20-7-3-4-12-27(20)29(32-19-22-13-14-22)24-9-6-10-25(17-24)33-30(36)28-15-21(2)34-35(28)26-11-5-8-23(16-26)18-31;1-3-24(19-35)31-28(22-10-5-4-6-11-22)23-12-8-13-25(17-23)32-29(36)27-15-20(2)33-34(27)26-14-7-9-21(16-26)18-30;1-20-16-27(34(33-20)26-15-5-8-21(17-26)19-30)29(35)32-25-14-6-11-23(18-25)28(31-24-12-7-13-24)22-9-3-2-4-10-22/h2-10,13-15,20,28,32H,11-12,16-18,31H2,1H3,(H,33,36);3-12,15-17,22,29,32H,13-14,18-19,31H2,1-2H3,(H,33,36);4-17,24,28,31,35H,3,18-19,30H2,1-2H3,(H,32,36);2-6,8-11,14-18,24,28,31H,7,12-13,19,30H2,1H3,(H,32,35). The zero-order valence-electron chi connectivity index (χ0n) is 82.8. The molecule has 16 aromatic rings. The molecule has 1 aliphatic heterocycles. The highest BCUT2D eigenvalue weighted by molar-refractivity contribution is 6.06. The van der Waals surface area contributed by atoms with Gasteiger partial charge in [0.05, 0.1) is 76.3 Å². The third-order valence-electron chi connectivity index (χ3n) is 26.5. The number of aromatic nitrogens is 8. The lowest BCUT2D eigenvalue weighted by molar-refractivity contribution is 0.101. The molecule has 27 nitrogen and oxygen atoms in total. The lowest BCUT2D eigenvalue weighted by atomic mass is 9.89. The summed E-state index contributed by atoms with van der Waals surface area (Å²) in [6.45, 7) is 15.6. The van der Waals surface area contributed by atoms with Gasteiger partial charge in [0.1, 0.15) is 22.8 Å². The van der Waals surface area contributed by atoms with Gasteiger partial charge in [0.15, 0.2) is 11.5 Å². The molecule has 17 N–H and O–H groups in total. The summed E-state index contributed by atoms with van der Waals surface area (Å²) in [6.07, 6.45) is 9.58. The number of hydrogen-bond donors (Lipinski definition) is 13. The first-order chi connectivity index (χ1) is 70.7. The normalized spacial score (nSPS) is 14.0. The van der Waals surface area contributed by atoms with Crippen molar-refractivity contribution in [2.24, 2.45) is 34.8 Å². The first kappa shape index (κ1) is 101. The van der Waals surface area contributed by atoms with Crippen LogP contribution in [0.2, 0.25) is 0 Å². The minimum atomic E-state index is -0.253. The summed E-state index contributed by atoms with van der Waals surface area (Å²) in [6, 6.07) is 106. The minimum Gasteiger partial charge on any atom is -0.454 e. The van der Waals surface area contributed by atoms with Crippen molar-refractivity contribution in [3.63, 3.8) is 0 Å². The molecule has 3 fully saturated rings. The Morgan fingerprint density at radius 2 is 0.690 bits per heavy atom. The molecule has 5 atom stereocenters. The summed E-state index contributed by atoms with van der Waals surface area (Å²) in [4.78, 5) is 53.5. The van der Waals surface area contributed by atoms with Crippen LogP contribution in [-0.4, -0.2) is 106 Å². The predicted molar refractivity (Wildman–Crippen MR) is 573 cm³/mol. The number of aliphatic hydroxyl groups is 1. The van der Waals surface area contributed by atoms with Crippen LogP contribution in [0, 0.1) is 46.5 Å². The van der Waals surface area contributed by atoms with Gasteiger partial charge in [-0.05, 0) is 299 Å². The van der Waals surface area contributed by atoms with E-state index in [1.807, 2.05) is 241 Å². The van der Waals surface area contributed by atoms with Crippen LogP contribution in [0.25, 0.3) is 22.7 Å². The maximum Gasteiger partial charge on any atom is 0.274 e. The van der Waals surface area contributed by atoms with Crippen LogP contribution >= 0.6 is 0 Å². The number of rotatable bonds is 36. The summed E-state index contributed by atoms with van der Waals surface area (Å²) in [7, 11) is 0. The van der Waals surface area contributed by atoms with E-state index in [0.29, 0.717) is 72.3 Å². The number of amides is 4. The molecule has 4 aromatic heterocycles. The average molecular weight is 1940 g/mol. The molecule has 0 bridgehead atoms. The Hall–Kier alpha value is -15.4. The zero-order chi connectivity index (χ0) is 101. The van der Waals surface area contributed by atoms with Crippen molar-refractivity contribution in [2.75, 3.05) is 47.8 Å². The fourth-order valence-electron chi connectivity index (χ4n) is 18.2. The Morgan fingerprint density at radius 1 is 0.359 bits per heavy atom. The summed E-state index contributed by atoms with van der Waals surface area (Å²) in [5.41, 5.74) is 48.3. The van der Waals surface area contributed by atoms with Crippen LogP contribution in [-0.2, 0) is 26.2 Å². The lowest BCUT2D eigenvalue weighted by Crippen LogP contribution is -2.38. The molecule has 20 rings (SSSR count). The Morgan fingerprint density at radius 3 is 1.04 bits per heavy atom. The van der Waals surface area contributed by atoms with E-state index in [2.05, 4.69) is 167 Å². The number of carbonyl (C=O) groups is 4. The van der Waals surface area contributed by atoms with Crippen molar-refractivity contribution in [3.8, 4) is 34.2 Å². The van der Waals surface area contributed by atoms with Gasteiger partial charge in [-0.2, -0.15) is 20.4 Å². The van der Waals surface area contributed by atoms with E-state index in [1.165, 1.54) is 61.6 Å². The van der Waals surface area contributed by atoms with Crippen molar-refractivity contribution >= 4 is 46.4 Å². The summed E-state index contributed by atoms with van der Waals surface area (Å²) in [5.74, 6) is 2.10. The van der Waals surface area contributed by atoms with Crippen molar-refractivity contribution in [1.29, 1.82) is 0 Å². The molecule has 4 aliphatic rings. The molecule has 5 unspecified atom stereocenters. The highest BCUT2D eigenvalue weighted by atomic mass is 16.7. The molecule has 4 amide bonds. The van der Waals surface area contributed by atoms with Gasteiger partial charge in [-0.1, -0.05) is 207 Å². The highest BCUT2D eigenvalue weighted by Crippen LogP contribution is 2.43. The number of anilines is 4. The molecule has 27 heteroatoms. The number of benzene rings is 12. The van der Waals surface area contributed by atoms with Gasteiger partial charge in [-0.3, -0.25) is 19.2 Å². The highest BCUT2D eigenvalue weighted by Gasteiger charge is 2.32. The van der Waals surface area contributed by atoms with Crippen LogP contribution in [0.1, 0.15) is 220 Å². The van der Waals surface area contributed by atoms with Crippen molar-refractivity contribution in [2.45, 2.75) is 155 Å². The van der Waals surface area contributed by atoms with Gasteiger partial charge in [0.2, 0.25) is 6.79 Å². The van der Waals surface area contributed by atoms with Gasteiger partial charge < -0.3 is 80.0 Å². The van der Waals surface area contributed by atoms with Gasteiger partial charge in [-0.25, -0.2) is 18.7 Å². The number of nitrogens with two attached hydrogens (primary N) is 4. The van der Waals surface area contributed by atoms with E-state index < -0.39 is 0 Å². The van der Waals surface area contributed by atoms with Crippen LogP contribution in [0.4, 0.5) is 22.7 Å². The quantitative estimate of drug-likeness (QED) is 0.0173. The number of fused-ring (bicyclic) bond motifs is 1. The van der Waals surface area contributed by atoms with Gasteiger partial charge >= 0.3 is 0 Å². The topological polar surface area (TPSA) is 379 Å². The van der Waals surface area contributed by atoms with Crippen molar-refractivity contribution in [3.05, 3.63) is 439 Å². The predicted octanol–water partition coefficient (Wildman–Crippen LogP) is 19.5. The van der Waals surface area contributed by atoms with E-state index >= 15 is 0 Å². The summed E-state index contributed by atoms with van der Waals surface area (Å²) < 4.78 is 18.1. The Bertz CT molecular complexity index is 7140. The number of nitrogens with one attached hydrogen (secondary N) is 8. The van der Waals surface area contributed by atoms with Crippen LogP contribution < -0.4 is 74.9 Å². The Kier molecular flexibility index (Phi) is 33.6. The summed E-state index contributed by atoms with van der Waals surface area (Å²) in [5, 5.41) is 55.2. The van der Waals surface area contributed by atoms with E-state index in [9.17, 15) is 24.3 Å². The van der Waals surface area contributed by atoms with Gasteiger partial charge in [0, 0.05) is 66.6 Å². The second-order valence-electron chi connectivity index (χ2n) is 37.6. The largest absolute Gasteiger partial charge is 0.454 e. The zero-order valence-corrected chi connectivity index (χ0v) is 82.8. The number of para-hydroxylation sites is 1. The fourth-order valence-corrected chi connectivity index (χ4v) is 18.2. The van der Waals surface area contributed by atoms with Crippen molar-refractivity contribution in [1.82, 2.24) is 60.4 Å². The Labute approximate surface area is 847 Å². The third-order valence-corrected chi connectivity index (χ3v) is 26.5. The second-order valence-corrected chi connectivity index (χ2v) is 37.6. The van der Waals surface area contributed by atoms with Crippen LogP contribution in [0.3, 0.4) is 0 Å². The number of aryl methyl sites for hydroxylation is 5. The van der Waals surface area contributed by atoms with Crippen LogP contribution in [0.5, 0.6) is 11.5 Å². The molecule has 742 valence electrons. The first-order valence-corrected chi connectivity index (χ1v) is 50.0. The molecule has 5 heterocycles. The van der Waals surface area contributed by atoms with Gasteiger partial charge in [-0.15, -0.1) is 0 Å². The SMILES string of the molecule is CCC(CO)NC(c1ccccc1)c1cccc(NC(=O)c2cc(C)nn2-c2cccc(CN)c2)c1.Cc1cc(C(=O)Nc2cccc(C(NC3CCC3)c3ccccc3)c2)n(-c2cccc(CN)c2)n1.Cc1cc(C(=O)Nc2cccc(C(NCC3CC3)c3cccc4c3OCO4)c2)n(-c2cccc(CN)c2)n1.Cc1cc(C(=O)Nc2cccc(C(NCC3CC3)c3ccccc3C)c2)n(-c2cccc(CN)c2)n1. The van der Waals surface area contributed by atoms with Crippen LogP contribution in [0.15, 0.2) is 322 Å². The van der Waals surface area contributed by atoms with E-state index in [0.717, 1.165) is 149 Å². The first-order valence-electron chi connectivity index (χ1n) is 50.0. The lowest BCUT2D eigenvalue weighted by Gasteiger charge is -2.32. The van der Waals surface area contributed by atoms with E-state index in [-0.39, 0.29) is 67.2 Å². The fraction of sp³-hybridized carbons (Fsp3) is 0.254. The number of nitrogens with zero attached hydrogens (tertiary/aromatic N) is 8. The second kappa shape index (κ2) is 48.1. The Balaban J connectivity index is 0.000000132. The molecule has 0 saturated heterocycles. The molecule has 3 aliphatic carbocycles.